The highest BCUT2D eigenvalue weighted by Crippen LogP contribution is 2.20. The lowest BCUT2D eigenvalue weighted by atomic mass is 10.1. The Morgan fingerprint density at radius 3 is 2.33 bits per heavy atom. The van der Waals surface area contributed by atoms with Crippen LogP contribution in [0.15, 0.2) is 0 Å². The monoisotopic (exact) mass is 239 g/mol. The first-order valence-corrected chi connectivity index (χ1v) is 5.61. The predicted octanol–water partition coefficient (Wildman–Crippen LogP) is -1.01. The molecule has 6 heteroatoms. The maximum absolute atomic E-state index is 9.55. The predicted molar refractivity (Wildman–Crippen MR) is 55.7 cm³/mol. The van der Waals surface area contributed by atoms with E-state index in [4.69, 9.17) is 16.3 Å². The number of hydrogen-bond donors (Lipinski definition) is 3. The highest BCUT2D eigenvalue weighted by Gasteiger charge is 2.42. The Hall–Kier alpha value is 0.0900. The van der Waals surface area contributed by atoms with Crippen molar-refractivity contribution >= 4 is 11.6 Å². The van der Waals surface area contributed by atoms with E-state index < -0.39 is 24.6 Å². The molecule has 1 rings (SSSR count). The van der Waals surface area contributed by atoms with Crippen LogP contribution in [0.4, 0.5) is 0 Å². The van der Waals surface area contributed by atoms with Crippen molar-refractivity contribution in [2.24, 2.45) is 0 Å². The molecular weight excluding hydrogens is 222 g/mol. The SMILES string of the molecule is CCN(CCCl)C[C@H]1O[C@@H](O)[C@@H](O)[C@H]1O. The second-order valence-electron chi connectivity index (χ2n) is 3.63. The Bertz CT molecular complexity index is 195. The maximum Gasteiger partial charge on any atom is 0.184 e. The number of nitrogens with zero attached hydrogens (tertiary/aromatic N) is 1. The fourth-order valence-corrected chi connectivity index (χ4v) is 1.87. The summed E-state index contributed by atoms with van der Waals surface area (Å²) in [7, 11) is 0. The van der Waals surface area contributed by atoms with E-state index in [1.165, 1.54) is 0 Å². The number of alkyl halides is 1. The second-order valence-corrected chi connectivity index (χ2v) is 4.01. The van der Waals surface area contributed by atoms with Crippen LogP contribution in [0.2, 0.25) is 0 Å². The van der Waals surface area contributed by atoms with Gasteiger partial charge in [-0.15, -0.1) is 11.6 Å². The average molecular weight is 240 g/mol. The highest BCUT2D eigenvalue weighted by molar-refractivity contribution is 6.18. The quantitative estimate of drug-likeness (QED) is 0.536. The molecule has 0 bridgehead atoms. The molecular formula is C9H18ClNO4. The molecule has 0 spiro atoms. The summed E-state index contributed by atoms with van der Waals surface area (Å²) < 4.78 is 5.04. The van der Waals surface area contributed by atoms with Crippen LogP contribution in [0, 0.1) is 0 Å². The number of halogens is 1. The minimum atomic E-state index is -1.29. The van der Waals surface area contributed by atoms with Crippen molar-refractivity contribution in [3.05, 3.63) is 0 Å². The molecule has 1 saturated heterocycles. The van der Waals surface area contributed by atoms with Crippen LogP contribution in [0.5, 0.6) is 0 Å². The molecule has 1 heterocycles. The molecule has 1 fully saturated rings. The standard InChI is InChI=1S/C9H18ClNO4/c1-2-11(4-3-10)5-6-7(12)8(13)9(14)15-6/h6-9,12-14H,2-5H2,1H3/t6-,7+,8+,9-/m1/s1. The van der Waals surface area contributed by atoms with E-state index in [1.807, 2.05) is 11.8 Å². The lowest BCUT2D eigenvalue weighted by Gasteiger charge is -2.24. The number of rotatable bonds is 5. The van der Waals surface area contributed by atoms with Crippen LogP contribution in [-0.4, -0.2) is 70.3 Å². The Labute approximate surface area is 94.2 Å². The molecule has 0 saturated carbocycles. The normalized spacial score (nSPS) is 36.4. The van der Waals surface area contributed by atoms with Gasteiger partial charge < -0.3 is 20.1 Å². The third-order valence-corrected chi connectivity index (χ3v) is 2.79. The smallest absolute Gasteiger partial charge is 0.184 e. The molecule has 0 radical (unpaired) electrons. The van der Waals surface area contributed by atoms with Crippen molar-refractivity contribution in [3.8, 4) is 0 Å². The van der Waals surface area contributed by atoms with Crippen LogP contribution in [0.25, 0.3) is 0 Å². The van der Waals surface area contributed by atoms with Crippen molar-refractivity contribution in [3.63, 3.8) is 0 Å². The van der Waals surface area contributed by atoms with E-state index in [1.54, 1.807) is 0 Å². The molecule has 0 unspecified atom stereocenters. The Balaban J connectivity index is 2.44. The highest BCUT2D eigenvalue weighted by atomic mass is 35.5. The van der Waals surface area contributed by atoms with E-state index >= 15 is 0 Å². The number of hydrogen-bond acceptors (Lipinski definition) is 5. The van der Waals surface area contributed by atoms with Crippen molar-refractivity contribution in [2.75, 3.05) is 25.5 Å². The van der Waals surface area contributed by atoms with Gasteiger partial charge in [0.1, 0.15) is 18.3 Å². The first-order valence-electron chi connectivity index (χ1n) is 5.08. The summed E-state index contributed by atoms with van der Waals surface area (Å²) in [5.74, 6) is 0.502. The van der Waals surface area contributed by atoms with Crippen LogP contribution >= 0.6 is 11.6 Å². The van der Waals surface area contributed by atoms with Crippen LogP contribution in [0.3, 0.4) is 0 Å². The largest absolute Gasteiger partial charge is 0.387 e. The van der Waals surface area contributed by atoms with E-state index in [0.717, 1.165) is 6.54 Å². The number of aliphatic hydroxyl groups is 3. The van der Waals surface area contributed by atoms with Gasteiger partial charge in [0.05, 0.1) is 0 Å². The summed E-state index contributed by atoms with van der Waals surface area (Å²) in [5, 5.41) is 28.0. The topological polar surface area (TPSA) is 73.2 Å². The van der Waals surface area contributed by atoms with E-state index in [9.17, 15) is 15.3 Å². The number of ether oxygens (including phenoxy) is 1. The summed E-state index contributed by atoms with van der Waals surface area (Å²) in [6, 6.07) is 0. The maximum atomic E-state index is 9.55. The fourth-order valence-electron chi connectivity index (χ4n) is 1.63. The summed E-state index contributed by atoms with van der Waals surface area (Å²) in [6.07, 6.45) is -4.10. The minimum Gasteiger partial charge on any atom is -0.387 e. The van der Waals surface area contributed by atoms with E-state index in [-0.39, 0.29) is 0 Å². The van der Waals surface area contributed by atoms with Crippen molar-refractivity contribution in [2.45, 2.75) is 31.5 Å². The second kappa shape index (κ2) is 5.98. The van der Waals surface area contributed by atoms with Gasteiger partial charge in [-0.25, -0.2) is 0 Å². The van der Waals surface area contributed by atoms with Crippen molar-refractivity contribution < 1.29 is 20.1 Å². The number of aliphatic hydroxyl groups excluding tert-OH is 3. The summed E-state index contributed by atoms with van der Waals surface area (Å²) in [6.45, 7) is 3.90. The molecule has 1 aliphatic heterocycles. The molecule has 0 aromatic heterocycles. The molecule has 90 valence electrons. The zero-order valence-electron chi connectivity index (χ0n) is 8.71. The molecule has 1 aliphatic rings. The number of likely N-dealkylation sites (N-methyl/N-ethyl adjacent to an activating group) is 1. The molecule has 5 nitrogen and oxygen atoms in total. The van der Waals surface area contributed by atoms with Gasteiger partial charge in [-0.3, -0.25) is 4.90 Å². The Morgan fingerprint density at radius 1 is 1.27 bits per heavy atom. The minimum absolute atomic E-state index is 0.457. The van der Waals surface area contributed by atoms with Gasteiger partial charge >= 0.3 is 0 Å². The molecule has 3 N–H and O–H groups in total. The average Bonchev–Trinajstić information content (AvgIpc) is 2.46. The summed E-state index contributed by atoms with van der Waals surface area (Å²) in [4.78, 5) is 1.99. The Morgan fingerprint density at radius 2 is 1.93 bits per heavy atom. The fraction of sp³-hybridized carbons (Fsp3) is 1.00. The third-order valence-electron chi connectivity index (χ3n) is 2.62. The summed E-state index contributed by atoms with van der Waals surface area (Å²) >= 11 is 5.61. The van der Waals surface area contributed by atoms with Gasteiger partial charge in [-0.1, -0.05) is 6.92 Å². The van der Waals surface area contributed by atoms with E-state index in [0.29, 0.717) is 19.0 Å². The zero-order valence-corrected chi connectivity index (χ0v) is 9.47. The van der Waals surface area contributed by atoms with Crippen molar-refractivity contribution in [1.29, 1.82) is 0 Å². The van der Waals surface area contributed by atoms with Crippen LogP contribution < -0.4 is 0 Å². The molecule has 0 amide bonds. The van der Waals surface area contributed by atoms with Gasteiger partial charge in [0, 0.05) is 19.0 Å². The molecule has 15 heavy (non-hydrogen) atoms. The van der Waals surface area contributed by atoms with Crippen molar-refractivity contribution in [1.82, 2.24) is 4.90 Å². The molecule has 0 aromatic rings. The zero-order chi connectivity index (χ0) is 11.4. The van der Waals surface area contributed by atoms with Crippen LogP contribution in [0.1, 0.15) is 6.92 Å². The van der Waals surface area contributed by atoms with Gasteiger partial charge in [0.25, 0.3) is 0 Å². The van der Waals surface area contributed by atoms with Gasteiger partial charge in [0.2, 0.25) is 0 Å². The lowest BCUT2D eigenvalue weighted by molar-refractivity contribution is -0.129. The molecule has 4 atom stereocenters. The molecule has 0 aliphatic carbocycles. The lowest BCUT2D eigenvalue weighted by Crippen LogP contribution is -2.40. The first kappa shape index (κ1) is 13.2. The Kier molecular flexibility index (Phi) is 5.25. The van der Waals surface area contributed by atoms with Gasteiger partial charge in [0.15, 0.2) is 6.29 Å². The summed E-state index contributed by atoms with van der Waals surface area (Å²) in [5.41, 5.74) is 0. The van der Waals surface area contributed by atoms with Crippen LogP contribution in [-0.2, 0) is 4.74 Å². The van der Waals surface area contributed by atoms with Gasteiger partial charge in [-0.2, -0.15) is 0 Å². The van der Waals surface area contributed by atoms with Gasteiger partial charge in [-0.05, 0) is 6.54 Å². The molecule has 0 aromatic carbocycles. The third kappa shape index (κ3) is 3.27. The van der Waals surface area contributed by atoms with E-state index in [2.05, 4.69) is 0 Å². The first-order chi connectivity index (χ1) is 7.10.